The normalized spacial score (nSPS) is 25.1. The van der Waals surface area contributed by atoms with Crippen LogP contribution in [0.25, 0.3) is 10.9 Å². The maximum Gasteiger partial charge on any atom is 0.261 e. The van der Waals surface area contributed by atoms with Gasteiger partial charge in [-0.05, 0) is 78.5 Å². The van der Waals surface area contributed by atoms with Crippen molar-refractivity contribution < 1.29 is 9.13 Å². The van der Waals surface area contributed by atoms with Gasteiger partial charge in [0.15, 0.2) is 5.96 Å². The second-order valence-corrected chi connectivity index (χ2v) is 14.4. The molecule has 9 nitrogen and oxygen atoms in total. The molecule has 8 rings (SSSR count). The Hall–Kier alpha value is -4.44. The van der Waals surface area contributed by atoms with Crippen molar-refractivity contribution >= 4 is 28.2 Å². The third-order valence-corrected chi connectivity index (χ3v) is 11.6. The van der Waals surface area contributed by atoms with Crippen LogP contribution in [0, 0.1) is 23.1 Å². The van der Waals surface area contributed by atoms with E-state index >= 15 is 0 Å². The van der Waals surface area contributed by atoms with E-state index in [1.165, 1.54) is 23.4 Å². The summed E-state index contributed by atoms with van der Waals surface area (Å²) in [6.45, 7) is 10.7. The average Bonchev–Trinajstić information content (AvgIpc) is 3.10. The number of para-hydroxylation sites is 1. The summed E-state index contributed by atoms with van der Waals surface area (Å²) in [5, 5.41) is 4.15. The molecule has 0 spiro atoms. The molecule has 1 saturated heterocycles. The number of halogens is 1. The summed E-state index contributed by atoms with van der Waals surface area (Å²) in [6.07, 6.45) is 3.84. The smallest absolute Gasteiger partial charge is 0.261 e. The molecular weight excluding hydrogens is 605 g/mol. The lowest BCUT2D eigenvalue weighted by molar-refractivity contribution is -0.129. The van der Waals surface area contributed by atoms with Gasteiger partial charge in [0, 0.05) is 55.7 Å². The number of nitrogens with two attached hydrogens (primary N) is 1. The summed E-state index contributed by atoms with van der Waals surface area (Å²) < 4.78 is 21.1. The van der Waals surface area contributed by atoms with Crippen molar-refractivity contribution in [1.29, 1.82) is 0 Å². The molecule has 3 N–H and O–H groups in total. The van der Waals surface area contributed by atoms with E-state index in [1.807, 2.05) is 24.3 Å². The van der Waals surface area contributed by atoms with Gasteiger partial charge in [-0.3, -0.25) is 9.36 Å². The lowest BCUT2D eigenvalue weighted by Crippen LogP contribution is -2.73. The minimum Gasteiger partial charge on any atom is -0.497 e. The summed E-state index contributed by atoms with van der Waals surface area (Å²) in [6, 6.07) is 21.1. The SMILES string of the molecule is COc1ccc(CCn2cnc3cc(NC(=NC4CC5(N)CC(C4C)C5(C)C)N4CCN(c5ccccc5)CC4)ccc3c2=O)c(F)c1. The van der Waals surface area contributed by atoms with Gasteiger partial charge in [0.25, 0.3) is 5.56 Å². The van der Waals surface area contributed by atoms with Crippen LogP contribution in [0.2, 0.25) is 0 Å². The van der Waals surface area contributed by atoms with Crippen LogP contribution in [0.3, 0.4) is 0 Å². The zero-order valence-corrected chi connectivity index (χ0v) is 28.3. The van der Waals surface area contributed by atoms with Crippen molar-refractivity contribution in [2.24, 2.45) is 28.0 Å². The largest absolute Gasteiger partial charge is 0.497 e. The lowest BCUT2D eigenvalue weighted by atomic mass is 9.41. The molecule has 4 unspecified atom stereocenters. The zero-order valence-electron chi connectivity index (χ0n) is 28.3. The van der Waals surface area contributed by atoms with Gasteiger partial charge in [-0.1, -0.05) is 45.0 Å². The number of aryl methyl sites for hydroxylation is 2. The van der Waals surface area contributed by atoms with Crippen LogP contribution in [0.15, 0.2) is 82.8 Å². The molecule has 4 atom stereocenters. The first-order valence-electron chi connectivity index (χ1n) is 17.1. The Labute approximate surface area is 281 Å². The second kappa shape index (κ2) is 12.5. The minimum absolute atomic E-state index is 0.118. The molecule has 3 saturated carbocycles. The highest BCUT2D eigenvalue weighted by Gasteiger charge is 2.64. The number of rotatable bonds is 7. The Morgan fingerprint density at radius 2 is 1.83 bits per heavy atom. The third kappa shape index (κ3) is 5.80. The molecule has 4 fully saturated rings. The van der Waals surface area contributed by atoms with Gasteiger partial charge in [0.2, 0.25) is 0 Å². The number of aliphatic imine (C=N–C) groups is 1. The Morgan fingerprint density at radius 1 is 1.06 bits per heavy atom. The predicted octanol–water partition coefficient (Wildman–Crippen LogP) is 5.53. The topological polar surface area (TPSA) is 101 Å². The number of fused-ring (bicyclic) bond motifs is 3. The Morgan fingerprint density at radius 3 is 2.54 bits per heavy atom. The number of anilines is 2. The number of nitrogens with one attached hydrogen (secondary N) is 1. The second-order valence-electron chi connectivity index (χ2n) is 14.4. The van der Waals surface area contributed by atoms with Gasteiger partial charge in [-0.15, -0.1) is 0 Å². The fourth-order valence-electron chi connectivity index (χ4n) is 8.12. The molecule has 10 heteroatoms. The van der Waals surface area contributed by atoms with E-state index in [0.29, 0.717) is 47.0 Å². The highest BCUT2D eigenvalue weighted by Crippen LogP contribution is 2.63. The maximum absolute atomic E-state index is 14.5. The third-order valence-electron chi connectivity index (χ3n) is 11.6. The van der Waals surface area contributed by atoms with Crippen LogP contribution >= 0.6 is 0 Å². The number of hydrogen-bond acceptors (Lipinski definition) is 6. The van der Waals surface area contributed by atoms with Crippen molar-refractivity contribution in [3.8, 4) is 5.75 Å². The van der Waals surface area contributed by atoms with Crippen LogP contribution in [0.5, 0.6) is 5.75 Å². The number of piperazine rings is 1. The van der Waals surface area contributed by atoms with Crippen molar-refractivity contribution in [3.63, 3.8) is 0 Å². The van der Waals surface area contributed by atoms with Crippen molar-refractivity contribution in [2.45, 2.75) is 58.2 Å². The fourth-order valence-corrected chi connectivity index (χ4v) is 8.12. The number of hydrogen-bond donors (Lipinski definition) is 2. The van der Waals surface area contributed by atoms with Crippen molar-refractivity contribution in [2.75, 3.05) is 43.5 Å². The number of benzene rings is 3. The molecule has 2 heterocycles. The summed E-state index contributed by atoms with van der Waals surface area (Å²) in [7, 11) is 1.51. The first-order chi connectivity index (χ1) is 23.1. The van der Waals surface area contributed by atoms with E-state index in [9.17, 15) is 9.18 Å². The summed E-state index contributed by atoms with van der Waals surface area (Å²) in [5.74, 6) is 1.93. The van der Waals surface area contributed by atoms with Crippen molar-refractivity contribution in [1.82, 2.24) is 14.5 Å². The number of aromatic nitrogens is 2. The van der Waals surface area contributed by atoms with Crippen molar-refractivity contribution in [3.05, 3.63) is 94.8 Å². The summed E-state index contributed by atoms with van der Waals surface area (Å²) >= 11 is 0. The summed E-state index contributed by atoms with van der Waals surface area (Å²) in [4.78, 5) is 28.2. The van der Waals surface area contributed by atoms with Crippen LogP contribution in [0.1, 0.15) is 39.2 Å². The van der Waals surface area contributed by atoms with Crippen LogP contribution in [-0.4, -0.2) is 65.3 Å². The van der Waals surface area contributed by atoms with E-state index in [2.05, 4.69) is 65.1 Å². The highest BCUT2D eigenvalue weighted by molar-refractivity contribution is 5.96. The van der Waals surface area contributed by atoms with Crippen LogP contribution in [-0.2, 0) is 13.0 Å². The van der Waals surface area contributed by atoms with Gasteiger partial charge >= 0.3 is 0 Å². The fraction of sp³-hybridized carbons (Fsp3) is 0.447. The van der Waals surface area contributed by atoms with E-state index in [0.717, 1.165) is 50.7 Å². The molecule has 3 aromatic carbocycles. The molecule has 1 aliphatic heterocycles. The molecular formula is C38H46FN7O2. The standard InChI is InChI=1S/C38H46FN7O2/c1-25-31-22-38(40,37(31,2)3)23-34(25)43-36(45-18-16-44(17-19-45)28-8-6-5-7-9-28)42-27-11-13-30-33(20-27)41-24-46(35(30)47)15-14-26-10-12-29(48-4)21-32(26)39/h5-13,20-21,24-25,31,34H,14-19,22-23,40H2,1-4H3,(H,42,43). The Bertz CT molecular complexity index is 1890. The molecule has 0 radical (unpaired) electrons. The molecule has 0 amide bonds. The highest BCUT2D eigenvalue weighted by atomic mass is 19.1. The first kappa shape index (κ1) is 32.1. The average molecular weight is 652 g/mol. The van der Waals surface area contributed by atoms with Crippen LogP contribution < -0.4 is 26.2 Å². The Kier molecular flexibility index (Phi) is 8.39. The molecule has 3 aliphatic carbocycles. The maximum atomic E-state index is 14.5. The lowest BCUT2D eigenvalue weighted by Gasteiger charge is -2.67. The number of guanidine groups is 1. The summed E-state index contributed by atoms with van der Waals surface area (Å²) in [5.41, 5.74) is 9.90. The molecule has 1 aromatic heterocycles. The predicted molar refractivity (Wildman–Crippen MR) is 190 cm³/mol. The molecule has 4 aliphatic rings. The van der Waals surface area contributed by atoms with E-state index in [-0.39, 0.29) is 28.4 Å². The van der Waals surface area contributed by atoms with Gasteiger partial charge < -0.3 is 25.6 Å². The van der Waals surface area contributed by atoms with Gasteiger partial charge in [-0.25, -0.2) is 14.4 Å². The monoisotopic (exact) mass is 651 g/mol. The molecule has 4 aromatic rings. The van der Waals surface area contributed by atoms with E-state index in [1.54, 1.807) is 18.5 Å². The van der Waals surface area contributed by atoms with E-state index in [4.69, 9.17) is 15.5 Å². The molecule has 2 bridgehead atoms. The van der Waals surface area contributed by atoms with Crippen LogP contribution in [0.4, 0.5) is 15.8 Å². The van der Waals surface area contributed by atoms with Gasteiger partial charge in [0.05, 0.1) is 30.4 Å². The number of ether oxygens (including phenoxy) is 1. The van der Waals surface area contributed by atoms with Gasteiger partial charge in [-0.2, -0.15) is 0 Å². The quantitative estimate of drug-likeness (QED) is 0.200. The minimum atomic E-state index is -0.351. The zero-order chi connectivity index (χ0) is 33.6. The Balaban J connectivity index is 1.12. The van der Waals surface area contributed by atoms with Gasteiger partial charge in [0.1, 0.15) is 11.6 Å². The first-order valence-corrected chi connectivity index (χ1v) is 17.1. The molecule has 252 valence electrons. The molecule has 48 heavy (non-hydrogen) atoms. The van der Waals surface area contributed by atoms with E-state index < -0.39 is 0 Å². The number of nitrogens with zero attached hydrogens (tertiary/aromatic N) is 5. The number of methoxy groups -OCH3 is 1.